The Morgan fingerprint density at radius 1 is 0.917 bits per heavy atom. The molecule has 188 valence electrons. The maximum absolute atomic E-state index is 14.2. The van der Waals surface area contributed by atoms with Crippen LogP contribution in [0.1, 0.15) is 36.8 Å². The first-order valence-corrected chi connectivity index (χ1v) is 11.8. The van der Waals surface area contributed by atoms with Crippen molar-refractivity contribution in [2.45, 2.75) is 38.1 Å². The van der Waals surface area contributed by atoms with Crippen LogP contribution in [0.5, 0.6) is 0 Å². The van der Waals surface area contributed by atoms with E-state index in [1.54, 1.807) is 30.3 Å². The Morgan fingerprint density at radius 3 is 2.14 bits per heavy atom. The van der Waals surface area contributed by atoms with Gasteiger partial charge in [-0.2, -0.15) is 0 Å². The normalized spacial score (nSPS) is 13.4. The molecular formula is C28H27ClFNO5. The van der Waals surface area contributed by atoms with E-state index in [9.17, 15) is 23.9 Å². The van der Waals surface area contributed by atoms with Crippen LogP contribution in [0.2, 0.25) is 5.02 Å². The van der Waals surface area contributed by atoms with Crippen LogP contribution in [-0.2, 0) is 20.8 Å². The van der Waals surface area contributed by atoms with Gasteiger partial charge in [-0.05, 0) is 48.2 Å². The molecule has 0 aliphatic rings. The molecule has 6 nitrogen and oxygen atoms in total. The molecule has 3 atom stereocenters. The van der Waals surface area contributed by atoms with Gasteiger partial charge in [-0.1, -0.05) is 66.2 Å². The van der Waals surface area contributed by atoms with Crippen LogP contribution in [0.25, 0.3) is 11.1 Å². The van der Waals surface area contributed by atoms with Crippen molar-refractivity contribution in [2.24, 2.45) is 5.92 Å². The number of nitrogens with one attached hydrogen (secondary N) is 1. The van der Waals surface area contributed by atoms with Crippen LogP contribution in [0.3, 0.4) is 0 Å². The minimum absolute atomic E-state index is 0.201. The second-order valence-corrected chi connectivity index (χ2v) is 9.17. The topological polar surface area (TPSA) is 104 Å². The summed E-state index contributed by atoms with van der Waals surface area (Å²) in [4.78, 5) is 35.0. The molecule has 0 aromatic heterocycles. The summed E-state index contributed by atoms with van der Waals surface area (Å²) in [6, 6.07) is 20.9. The van der Waals surface area contributed by atoms with Crippen molar-refractivity contribution < 1.29 is 29.0 Å². The number of rotatable bonds is 11. The third-order valence-corrected chi connectivity index (χ3v) is 6.34. The molecule has 0 radical (unpaired) electrons. The molecule has 36 heavy (non-hydrogen) atoms. The molecule has 0 bridgehead atoms. The Kier molecular flexibility index (Phi) is 9.19. The average molecular weight is 512 g/mol. The SMILES string of the molecule is CC(NC(=O)CC(CC(=O)O)C(=O)O)C(Cc1ccc(Cl)cc1)c1ccc(-c2ccccc2F)cc1. The van der Waals surface area contributed by atoms with E-state index in [1.807, 2.05) is 43.3 Å². The molecule has 3 aromatic carbocycles. The Bertz CT molecular complexity index is 1210. The number of hydrogen-bond acceptors (Lipinski definition) is 3. The number of aliphatic carboxylic acids is 2. The predicted octanol–water partition coefficient (Wildman–Crippen LogP) is 5.54. The summed E-state index contributed by atoms with van der Waals surface area (Å²) in [5, 5.41) is 21.7. The number of benzene rings is 3. The van der Waals surface area contributed by atoms with Gasteiger partial charge >= 0.3 is 11.9 Å². The molecule has 8 heteroatoms. The minimum atomic E-state index is -1.33. The van der Waals surface area contributed by atoms with Crippen LogP contribution in [-0.4, -0.2) is 34.1 Å². The maximum atomic E-state index is 14.2. The monoisotopic (exact) mass is 511 g/mol. The molecule has 3 unspecified atom stereocenters. The van der Waals surface area contributed by atoms with Crippen molar-refractivity contribution in [2.75, 3.05) is 0 Å². The van der Waals surface area contributed by atoms with Gasteiger partial charge < -0.3 is 15.5 Å². The highest BCUT2D eigenvalue weighted by molar-refractivity contribution is 6.30. The zero-order valence-electron chi connectivity index (χ0n) is 19.7. The van der Waals surface area contributed by atoms with Gasteiger partial charge in [-0.15, -0.1) is 0 Å². The number of amides is 1. The molecule has 3 N–H and O–H groups in total. The first kappa shape index (κ1) is 26.9. The van der Waals surface area contributed by atoms with Gasteiger partial charge in [0.05, 0.1) is 12.3 Å². The predicted molar refractivity (Wildman–Crippen MR) is 135 cm³/mol. The third kappa shape index (κ3) is 7.39. The summed E-state index contributed by atoms with van der Waals surface area (Å²) in [6.07, 6.45) is -0.524. The fraction of sp³-hybridized carbons (Fsp3) is 0.250. The molecule has 3 rings (SSSR count). The van der Waals surface area contributed by atoms with Crippen LogP contribution < -0.4 is 5.32 Å². The van der Waals surface area contributed by atoms with E-state index in [1.165, 1.54) is 6.07 Å². The van der Waals surface area contributed by atoms with Crippen LogP contribution in [0.15, 0.2) is 72.8 Å². The van der Waals surface area contributed by atoms with Gasteiger partial charge in [0.1, 0.15) is 5.82 Å². The summed E-state index contributed by atoms with van der Waals surface area (Å²) in [5.41, 5.74) is 3.09. The fourth-order valence-electron chi connectivity index (χ4n) is 4.16. The lowest BCUT2D eigenvalue weighted by atomic mass is 9.85. The highest BCUT2D eigenvalue weighted by Crippen LogP contribution is 2.29. The minimum Gasteiger partial charge on any atom is -0.481 e. The molecule has 0 fully saturated rings. The molecule has 3 aromatic rings. The Morgan fingerprint density at radius 2 is 1.56 bits per heavy atom. The number of carboxylic acid groups (broad SMARTS) is 2. The summed E-state index contributed by atoms with van der Waals surface area (Å²) in [7, 11) is 0. The van der Waals surface area contributed by atoms with Crippen LogP contribution in [0.4, 0.5) is 4.39 Å². The van der Waals surface area contributed by atoms with Crippen molar-refractivity contribution in [3.05, 3.63) is 94.8 Å². The second-order valence-electron chi connectivity index (χ2n) is 8.73. The lowest BCUT2D eigenvalue weighted by molar-refractivity contribution is -0.149. The number of carbonyl (C=O) groups excluding carboxylic acids is 1. The zero-order chi connectivity index (χ0) is 26.2. The van der Waals surface area contributed by atoms with Gasteiger partial charge in [0, 0.05) is 29.0 Å². The van der Waals surface area contributed by atoms with Crippen molar-refractivity contribution in [1.82, 2.24) is 5.32 Å². The van der Waals surface area contributed by atoms with Crippen molar-refractivity contribution in [3.63, 3.8) is 0 Å². The van der Waals surface area contributed by atoms with E-state index in [2.05, 4.69) is 5.32 Å². The molecule has 0 heterocycles. The van der Waals surface area contributed by atoms with Crippen LogP contribution >= 0.6 is 11.6 Å². The summed E-state index contributed by atoms with van der Waals surface area (Å²) in [5.74, 6) is -4.99. The first-order chi connectivity index (χ1) is 17.1. The van der Waals surface area contributed by atoms with Gasteiger partial charge in [-0.25, -0.2) is 4.39 Å². The molecule has 1 amide bonds. The van der Waals surface area contributed by atoms with E-state index < -0.39 is 42.6 Å². The number of halogens is 2. The smallest absolute Gasteiger partial charge is 0.307 e. The van der Waals surface area contributed by atoms with Gasteiger partial charge in [-0.3, -0.25) is 14.4 Å². The van der Waals surface area contributed by atoms with Gasteiger partial charge in [0.2, 0.25) is 5.91 Å². The molecule has 0 aliphatic heterocycles. The quantitative estimate of drug-likeness (QED) is 0.313. The van der Waals surface area contributed by atoms with Crippen LogP contribution in [0, 0.1) is 11.7 Å². The Hall–Kier alpha value is -3.71. The Labute approximate surface area is 213 Å². The molecular weight excluding hydrogens is 485 g/mol. The zero-order valence-corrected chi connectivity index (χ0v) is 20.4. The van der Waals surface area contributed by atoms with Crippen molar-refractivity contribution in [1.29, 1.82) is 0 Å². The summed E-state index contributed by atoms with van der Waals surface area (Å²) >= 11 is 6.02. The lowest BCUT2D eigenvalue weighted by Gasteiger charge is -2.26. The highest BCUT2D eigenvalue weighted by Gasteiger charge is 2.27. The van der Waals surface area contributed by atoms with E-state index in [4.69, 9.17) is 16.7 Å². The van der Waals surface area contributed by atoms with Crippen molar-refractivity contribution >= 4 is 29.4 Å². The lowest BCUT2D eigenvalue weighted by Crippen LogP contribution is -2.39. The van der Waals surface area contributed by atoms with E-state index in [-0.39, 0.29) is 11.7 Å². The van der Waals surface area contributed by atoms with E-state index in [0.717, 1.165) is 16.7 Å². The first-order valence-electron chi connectivity index (χ1n) is 11.5. The standard InChI is InChI=1S/C28H27ClFNO5/c1-17(31-26(32)15-21(28(35)36)16-27(33)34)24(14-18-6-12-22(29)13-7-18)20-10-8-19(9-11-20)23-4-2-3-5-25(23)30/h2-13,17,21,24H,14-16H2,1H3,(H,31,32)(H,33,34)(H,35,36). The fourth-order valence-corrected chi connectivity index (χ4v) is 4.28. The maximum Gasteiger partial charge on any atom is 0.307 e. The van der Waals surface area contributed by atoms with Gasteiger partial charge in [0.15, 0.2) is 0 Å². The second kappa shape index (κ2) is 12.3. The molecule has 0 saturated heterocycles. The third-order valence-electron chi connectivity index (χ3n) is 6.09. The Balaban J connectivity index is 1.83. The van der Waals surface area contributed by atoms with E-state index >= 15 is 0 Å². The molecule has 0 saturated carbocycles. The average Bonchev–Trinajstić information content (AvgIpc) is 2.83. The summed E-state index contributed by atoms with van der Waals surface area (Å²) in [6.45, 7) is 1.82. The molecule has 0 spiro atoms. The van der Waals surface area contributed by atoms with E-state index in [0.29, 0.717) is 17.0 Å². The highest BCUT2D eigenvalue weighted by atomic mass is 35.5. The number of carboxylic acids is 2. The largest absolute Gasteiger partial charge is 0.481 e. The summed E-state index contributed by atoms with van der Waals surface area (Å²) < 4.78 is 14.2. The number of hydrogen-bond donors (Lipinski definition) is 3. The number of carbonyl (C=O) groups is 3. The van der Waals surface area contributed by atoms with Gasteiger partial charge in [0.25, 0.3) is 0 Å². The molecule has 0 aliphatic carbocycles. The van der Waals surface area contributed by atoms with Crippen molar-refractivity contribution in [3.8, 4) is 11.1 Å².